The first kappa shape index (κ1) is 16.3. The lowest BCUT2D eigenvalue weighted by Gasteiger charge is -2.32. The lowest BCUT2D eigenvalue weighted by molar-refractivity contribution is -0.185. The maximum atomic E-state index is 12.6. The molecular formula is C15H18F3NOS. The van der Waals surface area contributed by atoms with Crippen molar-refractivity contribution >= 4 is 11.3 Å². The van der Waals surface area contributed by atoms with Gasteiger partial charge in [-0.3, -0.25) is 4.90 Å². The Bertz CT molecular complexity index is 507. The number of hydrogen-bond donors (Lipinski definition) is 1. The first-order chi connectivity index (χ1) is 10.0. The van der Waals surface area contributed by atoms with E-state index in [9.17, 15) is 13.2 Å². The number of rotatable bonds is 3. The SMILES string of the molecule is OCCC#Cc1ccsc1CN1CCC(C(F)(F)F)CC1. The molecule has 0 bridgehead atoms. The fourth-order valence-electron chi connectivity index (χ4n) is 2.41. The topological polar surface area (TPSA) is 23.5 Å². The molecule has 2 nitrogen and oxygen atoms in total. The van der Waals surface area contributed by atoms with Gasteiger partial charge in [-0.1, -0.05) is 11.8 Å². The van der Waals surface area contributed by atoms with Crippen LogP contribution in [-0.2, 0) is 6.54 Å². The Morgan fingerprint density at radius 3 is 2.67 bits per heavy atom. The Hall–Kier alpha value is -1.03. The molecule has 6 heteroatoms. The molecule has 0 unspecified atom stereocenters. The average molecular weight is 317 g/mol. The van der Waals surface area contributed by atoms with Gasteiger partial charge in [0.15, 0.2) is 0 Å². The number of halogens is 3. The molecule has 2 rings (SSSR count). The summed E-state index contributed by atoms with van der Waals surface area (Å²) in [6.45, 7) is 1.65. The van der Waals surface area contributed by atoms with E-state index < -0.39 is 12.1 Å². The van der Waals surface area contributed by atoms with Crippen LogP contribution in [0.1, 0.15) is 29.7 Å². The van der Waals surface area contributed by atoms with Crippen LogP contribution < -0.4 is 0 Å². The van der Waals surface area contributed by atoms with Gasteiger partial charge in [0.25, 0.3) is 0 Å². The van der Waals surface area contributed by atoms with Crippen molar-refractivity contribution in [1.29, 1.82) is 0 Å². The van der Waals surface area contributed by atoms with Crippen molar-refractivity contribution in [2.24, 2.45) is 5.92 Å². The molecule has 1 aliphatic rings. The summed E-state index contributed by atoms with van der Waals surface area (Å²) >= 11 is 1.58. The van der Waals surface area contributed by atoms with Gasteiger partial charge in [0.2, 0.25) is 0 Å². The normalized spacial score (nSPS) is 17.5. The van der Waals surface area contributed by atoms with Gasteiger partial charge < -0.3 is 5.11 Å². The predicted molar refractivity (Wildman–Crippen MR) is 77.0 cm³/mol. The number of thiophene rings is 1. The second-order valence-corrected chi connectivity index (χ2v) is 6.13. The molecule has 0 saturated carbocycles. The van der Waals surface area contributed by atoms with Crippen LogP contribution in [0.4, 0.5) is 13.2 Å². The highest BCUT2D eigenvalue weighted by Gasteiger charge is 2.40. The second-order valence-electron chi connectivity index (χ2n) is 5.12. The molecule has 0 aromatic carbocycles. The smallest absolute Gasteiger partial charge is 0.391 e. The van der Waals surface area contributed by atoms with Crippen molar-refractivity contribution < 1.29 is 18.3 Å². The minimum Gasteiger partial charge on any atom is -0.395 e. The summed E-state index contributed by atoms with van der Waals surface area (Å²) in [7, 11) is 0. The summed E-state index contributed by atoms with van der Waals surface area (Å²) in [6, 6.07) is 1.92. The van der Waals surface area contributed by atoms with E-state index in [0.717, 1.165) is 10.4 Å². The van der Waals surface area contributed by atoms with Crippen LogP contribution in [0, 0.1) is 17.8 Å². The molecule has 0 aliphatic carbocycles. The third-order valence-electron chi connectivity index (χ3n) is 3.62. The largest absolute Gasteiger partial charge is 0.395 e. The van der Waals surface area contributed by atoms with Crippen molar-refractivity contribution in [1.82, 2.24) is 4.90 Å². The fourth-order valence-corrected chi connectivity index (χ4v) is 3.28. The van der Waals surface area contributed by atoms with Crippen LogP contribution in [0.2, 0.25) is 0 Å². The maximum absolute atomic E-state index is 12.6. The van der Waals surface area contributed by atoms with Crippen molar-refractivity contribution in [2.75, 3.05) is 19.7 Å². The molecule has 116 valence electrons. The van der Waals surface area contributed by atoms with Crippen molar-refractivity contribution in [3.05, 3.63) is 21.9 Å². The van der Waals surface area contributed by atoms with Gasteiger partial charge in [0, 0.05) is 23.4 Å². The lowest BCUT2D eigenvalue weighted by Crippen LogP contribution is -2.38. The van der Waals surface area contributed by atoms with Crippen molar-refractivity contribution in [3.63, 3.8) is 0 Å². The molecule has 1 aromatic heterocycles. The monoisotopic (exact) mass is 317 g/mol. The van der Waals surface area contributed by atoms with E-state index in [1.54, 1.807) is 11.3 Å². The number of alkyl halides is 3. The molecule has 1 saturated heterocycles. The number of hydrogen-bond acceptors (Lipinski definition) is 3. The molecule has 1 N–H and O–H groups in total. The first-order valence-corrected chi connectivity index (χ1v) is 7.84. The highest BCUT2D eigenvalue weighted by molar-refractivity contribution is 7.10. The van der Waals surface area contributed by atoms with Crippen LogP contribution in [0.3, 0.4) is 0 Å². The van der Waals surface area contributed by atoms with E-state index in [-0.39, 0.29) is 19.4 Å². The summed E-state index contributed by atoms with van der Waals surface area (Å²) in [5.41, 5.74) is 0.923. The van der Waals surface area contributed by atoms with Gasteiger partial charge in [0.05, 0.1) is 12.5 Å². The highest BCUT2D eigenvalue weighted by Crippen LogP contribution is 2.34. The Balaban J connectivity index is 1.90. The quantitative estimate of drug-likeness (QED) is 0.865. The second kappa shape index (κ2) is 7.30. The number of likely N-dealkylation sites (tertiary alicyclic amines) is 1. The highest BCUT2D eigenvalue weighted by atomic mass is 32.1. The summed E-state index contributed by atoms with van der Waals surface area (Å²) in [4.78, 5) is 3.15. The zero-order valence-corrected chi connectivity index (χ0v) is 12.4. The minimum absolute atomic E-state index is 0.0391. The lowest BCUT2D eigenvalue weighted by atomic mass is 9.96. The van der Waals surface area contributed by atoms with E-state index in [4.69, 9.17) is 5.11 Å². The molecule has 1 aliphatic heterocycles. The summed E-state index contributed by atoms with van der Waals surface area (Å²) in [5.74, 6) is 4.74. The third kappa shape index (κ3) is 4.73. The molecule has 0 atom stereocenters. The Labute approximate surface area is 126 Å². The van der Waals surface area contributed by atoms with Gasteiger partial charge in [-0.2, -0.15) is 13.2 Å². The van der Waals surface area contributed by atoms with E-state index in [1.165, 1.54) is 0 Å². The van der Waals surface area contributed by atoms with Crippen molar-refractivity contribution in [2.45, 2.75) is 32.0 Å². The van der Waals surface area contributed by atoms with Gasteiger partial charge in [-0.15, -0.1) is 11.3 Å². The molecule has 0 spiro atoms. The number of piperidine rings is 1. The van der Waals surface area contributed by atoms with Gasteiger partial charge in [-0.05, 0) is 37.4 Å². The third-order valence-corrected chi connectivity index (χ3v) is 4.53. The van der Waals surface area contributed by atoms with Crippen LogP contribution in [0.25, 0.3) is 0 Å². The predicted octanol–water partition coefficient (Wildman–Crippen LogP) is 3.26. The van der Waals surface area contributed by atoms with Crippen LogP contribution >= 0.6 is 11.3 Å². The van der Waals surface area contributed by atoms with Gasteiger partial charge in [0.1, 0.15) is 0 Å². The van der Waals surface area contributed by atoms with Crippen LogP contribution in [-0.4, -0.2) is 35.9 Å². The van der Waals surface area contributed by atoms with Gasteiger partial charge in [-0.25, -0.2) is 0 Å². The van der Waals surface area contributed by atoms with Crippen molar-refractivity contribution in [3.8, 4) is 11.8 Å². The van der Waals surface area contributed by atoms with E-state index in [2.05, 4.69) is 16.7 Å². The fraction of sp³-hybridized carbons (Fsp3) is 0.600. The number of aliphatic hydroxyl groups is 1. The summed E-state index contributed by atoms with van der Waals surface area (Å²) in [6.07, 6.45) is -3.26. The number of aliphatic hydroxyl groups excluding tert-OH is 1. The minimum atomic E-state index is -4.06. The maximum Gasteiger partial charge on any atom is 0.391 e. The zero-order chi connectivity index (χ0) is 15.3. The van der Waals surface area contributed by atoms with Gasteiger partial charge >= 0.3 is 6.18 Å². The standard InChI is InChI=1S/C15H18F3NOS/c16-15(17,18)13-4-7-19(8-5-13)11-14-12(6-10-21-14)3-1-2-9-20/h6,10,13,20H,2,4-5,7-9,11H2. The average Bonchev–Trinajstić information content (AvgIpc) is 2.86. The summed E-state index contributed by atoms with van der Waals surface area (Å²) in [5, 5.41) is 10.7. The molecule has 0 amide bonds. The molecule has 1 fully saturated rings. The Morgan fingerprint density at radius 1 is 1.33 bits per heavy atom. The van der Waals surface area contributed by atoms with E-state index in [1.807, 2.05) is 11.4 Å². The summed E-state index contributed by atoms with van der Waals surface area (Å²) < 4.78 is 37.9. The molecular weight excluding hydrogens is 299 g/mol. The Kier molecular flexibility index (Phi) is 5.68. The molecule has 2 heterocycles. The molecule has 1 aromatic rings. The van der Waals surface area contributed by atoms with E-state index in [0.29, 0.717) is 26.1 Å². The molecule has 21 heavy (non-hydrogen) atoms. The zero-order valence-electron chi connectivity index (χ0n) is 11.6. The molecule has 0 radical (unpaired) electrons. The van der Waals surface area contributed by atoms with Crippen LogP contribution in [0.15, 0.2) is 11.4 Å². The Morgan fingerprint density at radius 2 is 2.05 bits per heavy atom. The van der Waals surface area contributed by atoms with E-state index >= 15 is 0 Å². The first-order valence-electron chi connectivity index (χ1n) is 6.96. The number of nitrogens with zero attached hydrogens (tertiary/aromatic N) is 1. The van der Waals surface area contributed by atoms with Crippen LogP contribution in [0.5, 0.6) is 0 Å².